The Kier molecular flexibility index (Phi) is 5.75. The van der Waals surface area contributed by atoms with Crippen molar-refractivity contribution >= 4 is 10.0 Å². The van der Waals surface area contributed by atoms with Crippen molar-refractivity contribution in [1.29, 1.82) is 0 Å². The predicted molar refractivity (Wildman–Crippen MR) is 85.8 cm³/mol. The van der Waals surface area contributed by atoms with Gasteiger partial charge < -0.3 is 5.32 Å². The summed E-state index contributed by atoms with van der Waals surface area (Å²) in [6, 6.07) is 8.51. The molecule has 1 aliphatic rings. The molecule has 1 N–H and O–H groups in total. The van der Waals surface area contributed by atoms with E-state index in [0.29, 0.717) is 13.1 Å². The second kappa shape index (κ2) is 7.35. The summed E-state index contributed by atoms with van der Waals surface area (Å²) in [5.74, 6) is 0. The van der Waals surface area contributed by atoms with Crippen molar-refractivity contribution in [2.24, 2.45) is 0 Å². The van der Waals surface area contributed by atoms with Gasteiger partial charge in [0.2, 0.25) is 10.0 Å². The van der Waals surface area contributed by atoms with Gasteiger partial charge in [0.1, 0.15) is 0 Å². The standard InChI is InChI=1S/C15H25N3O2S/c1-16-8-7-14-5-3-4-6-15(14)13-17-9-11-18(12-10-17)21(2,19)20/h3-6,16H,7-13H2,1-2H3. The third-order valence-electron chi connectivity index (χ3n) is 3.96. The minimum atomic E-state index is -3.04. The lowest BCUT2D eigenvalue weighted by Crippen LogP contribution is -2.47. The molecule has 0 atom stereocenters. The molecule has 5 nitrogen and oxygen atoms in total. The van der Waals surface area contributed by atoms with E-state index in [1.807, 2.05) is 7.05 Å². The summed E-state index contributed by atoms with van der Waals surface area (Å²) in [5, 5.41) is 3.18. The maximum absolute atomic E-state index is 11.5. The molecule has 0 radical (unpaired) electrons. The van der Waals surface area contributed by atoms with Crippen molar-refractivity contribution in [1.82, 2.24) is 14.5 Å². The van der Waals surface area contributed by atoms with Gasteiger partial charge in [-0.2, -0.15) is 4.31 Å². The van der Waals surface area contributed by atoms with Gasteiger partial charge in [-0.05, 0) is 31.1 Å². The van der Waals surface area contributed by atoms with Gasteiger partial charge >= 0.3 is 0 Å². The number of rotatable bonds is 6. The quantitative estimate of drug-likeness (QED) is 0.832. The fourth-order valence-electron chi connectivity index (χ4n) is 2.68. The Morgan fingerprint density at radius 2 is 1.71 bits per heavy atom. The zero-order chi connectivity index (χ0) is 15.3. The van der Waals surface area contributed by atoms with Crippen molar-refractivity contribution in [3.05, 3.63) is 35.4 Å². The minimum Gasteiger partial charge on any atom is -0.319 e. The molecule has 0 unspecified atom stereocenters. The highest BCUT2D eigenvalue weighted by Crippen LogP contribution is 2.14. The van der Waals surface area contributed by atoms with Crippen LogP contribution in [-0.4, -0.2) is 63.7 Å². The van der Waals surface area contributed by atoms with Crippen LogP contribution in [0.4, 0.5) is 0 Å². The van der Waals surface area contributed by atoms with Gasteiger partial charge in [0.05, 0.1) is 6.26 Å². The normalized spacial score (nSPS) is 18.0. The van der Waals surface area contributed by atoms with Gasteiger partial charge in [0.25, 0.3) is 0 Å². The van der Waals surface area contributed by atoms with E-state index in [-0.39, 0.29) is 0 Å². The van der Waals surface area contributed by atoms with Gasteiger partial charge in [-0.15, -0.1) is 0 Å². The number of nitrogens with one attached hydrogen (secondary N) is 1. The van der Waals surface area contributed by atoms with Crippen molar-refractivity contribution in [2.75, 3.05) is 46.0 Å². The molecule has 0 aromatic heterocycles. The van der Waals surface area contributed by atoms with E-state index in [9.17, 15) is 8.42 Å². The van der Waals surface area contributed by atoms with E-state index in [0.717, 1.165) is 32.6 Å². The lowest BCUT2D eigenvalue weighted by Gasteiger charge is -2.33. The molecule has 1 aliphatic heterocycles. The molecule has 0 aliphatic carbocycles. The van der Waals surface area contributed by atoms with Crippen LogP contribution < -0.4 is 5.32 Å². The minimum absolute atomic E-state index is 0.595. The average molecular weight is 311 g/mol. The predicted octanol–water partition coefficient (Wildman–Crippen LogP) is 0.526. The fraction of sp³-hybridized carbons (Fsp3) is 0.600. The molecular formula is C15H25N3O2S. The lowest BCUT2D eigenvalue weighted by atomic mass is 10.0. The van der Waals surface area contributed by atoms with E-state index in [1.54, 1.807) is 4.31 Å². The number of piperazine rings is 1. The van der Waals surface area contributed by atoms with E-state index >= 15 is 0 Å². The van der Waals surface area contributed by atoms with Crippen molar-refractivity contribution < 1.29 is 8.42 Å². The summed E-state index contributed by atoms with van der Waals surface area (Å²) < 4.78 is 24.6. The molecule has 0 spiro atoms. The molecule has 118 valence electrons. The van der Waals surface area contributed by atoms with E-state index < -0.39 is 10.0 Å². The number of benzene rings is 1. The van der Waals surface area contributed by atoms with E-state index in [2.05, 4.69) is 34.5 Å². The first kappa shape index (κ1) is 16.4. The van der Waals surface area contributed by atoms with Crippen LogP contribution >= 0.6 is 0 Å². The molecule has 21 heavy (non-hydrogen) atoms. The number of hydrogen-bond acceptors (Lipinski definition) is 4. The maximum Gasteiger partial charge on any atom is 0.211 e. The van der Waals surface area contributed by atoms with Crippen LogP contribution in [0.25, 0.3) is 0 Å². The van der Waals surface area contributed by atoms with Gasteiger partial charge in [0.15, 0.2) is 0 Å². The van der Waals surface area contributed by atoms with Gasteiger partial charge in [-0.25, -0.2) is 8.42 Å². The fourth-order valence-corrected chi connectivity index (χ4v) is 3.50. The van der Waals surface area contributed by atoms with Gasteiger partial charge in [0, 0.05) is 32.7 Å². The Bertz CT molecular complexity index is 552. The second-order valence-electron chi connectivity index (χ2n) is 5.56. The Balaban J connectivity index is 1.94. The number of likely N-dealkylation sites (N-methyl/N-ethyl adjacent to an activating group) is 1. The zero-order valence-electron chi connectivity index (χ0n) is 12.9. The van der Waals surface area contributed by atoms with Crippen LogP contribution in [0.1, 0.15) is 11.1 Å². The highest BCUT2D eigenvalue weighted by molar-refractivity contribution is 7.88. The maximum atomic E-state index is 11.5. The summed E-state index contributed by atoms with van der Waals surface area (Å²) in [6.07, 6.45) is 2.31. The Labute approximate surface area is 128 Å². The molecule has 0 saturated carbocycles. The molecular weight excluding hydrogens is 286 g/mol. The average Bonchev–Trinajstić information content (AvgIpc) is 2.46. The highest BCUT2D eigenvalue weighted by Gasteiger charge is 2.23. The first-order chi connectivity index (χ1) is 10.0. The third kappa shape index (κ3) is 4.78. The molecule has 0 amide bonds. The molecule has 1 aromatic carbocycles. The van der Waals surface area contributed by atoms with Crippen molar-refractivity contribution in [3.63, 3.8) is 0 Å². The zero-order valence-corrected chi connectivity index (χ0v) is 13.7. The molecule has 2 rings (SSSR count). The van der Waals surface area contributed by atoms with Crippen molar-refractivity contribution in [2.45, 2.75) is 13.0 Å². The first-order valence-electron chi connectivity index (χ1n) is 7.39. The molecule has 0 bridgehead atoms. The third-order valence-corrected chi connectivity index (χ3v) is 5.26. The van der Waals surface area contributed by atoms with Crippen LogP contribution in [0.3, 0.4) is 0 Å². The Morgan fingerprint density at radius 1 is 1.10 bits per heavy atom. The smallest absolute Gasteiger partial charge is 0.211 e. The van der Waals surface area contributed by atoms with E-state index in [4.69, 9.17) is 0 Å². The molecule has 1 saturated heterocycles. The largest absolute Gasteiger partial charge is 0.319 e. The number of hydrogen-bond donors (Lipinski definition) is 1. The first-order valence-corrected chi connectivity index (χ1v) is 9.24. The Hall–Kier alpha value is -0.950. The van der Waals surface area contributed by atoms with Gasteiger partial charge in [-0.1, -0.05) is 24.3 Å². The van der Waals surface area contributed by atoms with Crippen LogP contribution in [-0.2, 0) is 23.0 Å². The van der Waals surface area contributed by atoms with Crippen LogP contribution in [0.15, 0.2) is 24.3 Å². The molecule has 1 fully saturated rings. The van der Waals surface area contributed by atoms with Gasteiger partial charge in [-0.3, -0.25) is 4.90 Å². The highest BCUT2D eigenvalue weighted by atomic mass is 32.2. The second-order valence-corrected chi connectivity index (χ2v) is 7.54. The molecule has 1 aromatic rings. The summed E-state index contributed by atoms with van der Waals surface area (Å²) >= 11 is 0. The van der Waals surface area contributed by atoms with E-state index in [1.165, 1.54) is 17.4 Å². The SMILES string of the molecule is CNCCc1ccccc1CN1CCN(S(C)(=O)=O)CC1. The summed E-state index contributed by atoms with van der Waals surface area (Å²) in [4.78, 5) is 2.33. The van der Waals surface area contributed by atoms with Crippen molar-refractivity contribution in [3.8, 4) is 0 Å². The topological polar surface area (TPSA) is 52.6 Å². The number of nitrogens with zero attached hydrogens (tertiary/aromatic N) is 2. The molecule has 1 heterocycles. The van der Waals surface area contributed by atoms with Crippen LogP contribution in [0, 0.1) is 0 Å². The van der Waals surface area contributed by atoms with Crippen LogP contribution in [0.5, 0.6) is 0 Å². The van der Waals surface area contributed by atoms with Crippen LogP contribution in [0.2, 0.25) is 0 Å². The Morgan fingerprint density at radius 3 is 2.29 bits per heavy atom. The summed E-state index contributed by atoms with van der Waals surface area (Å²) in [6.45, 7) is 4.66. The lowest BCUT2D eigenvalue weighted by molar-refractivity contribution is 0.182. The monoisotopic (exact) mass is 311 g/mol. The molecule has 6 heteroatoms. The summed E-state index contributed by atoms with van der Waals surface area (Å²) in [7, 11) is -1.08. The summed E-state index contributed by atoms with van der Waals surface area (Å²) in [5.41, 5.74) is 2.72. The number of sulfonamides is 1.